The van der Waals surface area contributed by atoms with E-state index < -0.39 is 0 Å². The van der Waals surface area contributed by atoms with Gasteiger partial charge in [0, 0.05) is 44.2 Å². The summed E-state index contributed by atoms with van der Waals surface area (Å²) in [6, 6.07) is 8.95. The number of piperidine rings is 2. The molecule has 2 aromatic rings. The average molecular weight is 466 g/mol. The summed E-state index contributed by atoms with van der Waals surface area (Å²) < 4.78 is 2.04. The number of likely N-dealkylation sites (tertiary alicyclic amines) is 1. The Morgan fingerprint density at radius 3 is 2.15 bits per heavy atom. The first kappa shape index (κ1) is 23.3. The number of primary amides is 1. The number of hydrogen-bond donors (Lipinski definition) is 1. The average Bonchev–Trinajstić information content (AvgIpc) is 2.84. The standard InChI is InChI=1S/C27H39N5O2/c28-25(33)20-12-16-31(17-13-20)26-27(34)32(24-11-7-6-10-23(24)29-26)22-14-18-30(19-15-22)21-8-4-2-1-3-5-9-21/h6-7,10-11,20-22H,1-5,8-9,12-19H2,(H2,28,33). The predicted molar refractivity (Wildman–Crippen MR) is 136 cm³/mol. The van der Waals surface area contributed by atoms with Gasteiger partial charge in [-0.15, -0.1) is 0 Å². The van der Waals surface area contributed by atoms with Crippen LogP contribution in [-0.4, -0.2) is 52.6 Å². The maximum Gasteiger partial charge on any atom is 0.294 e. The maximum atomic E-state index is 13.8. The molecule has 7 nitrogen and oxygen atoms in total. The lowest BCUT2D eigenvalue weighted by atomic mass is 9.93. The van der Waals surface area contributed by atoms with E-state index in [1.807, 2.05) is 28.8 Å². The first-order valence-corrected chi connectivity index (χ1v) is 13.4. The zero-order chi connectivity index (χ0) is 23.5. The highest BCUT2D eigenvalue weighted by atomic mass is 16.1. The van der Waals surface area contributed by atoms with Crippen molar-refractivity contribution in [3.63, 3.8) is 0 Å². The van der Waals surface area contributed by atoms with E-state index in [2.05, 4.69) is 9.80 Å². The van der Waals surface area contributed by atoms with Crippen LogP contribution in [0.2, 0.25) is 0 Å². The monoisotopic (exact) mass is 465 g/mol. The summed E-state index contributed by atoms with van der Waals surface area (Å²) in [6.45, 7) is 3.43. The van der Waals surface area contributed by atoms with Crippen molar-refractivity contribution < 1.29 is 4.79 Å². The summed E-state index contributed by atoms with van der Waals surface area (Å²) in [6.07, 6.45) is 12.9. The molecule has 1 amide bonds. The molecule has 2 aliphatic heterocycles. The minimum absolute atomic E-state index is 0.0145. The van der Waals surface area contributed by atoms with E-state index in [0.29, 0.717) is 37.8 Å². The second-order valence-electron chi connectivity index (χ2n) is 10.5. The second kappa shape index (κ2) is 10.5. The molecule has 5 rings (SSSR count). The fourth-order valence-electron chi connectivity index (χ4n) is 6.39. The first-order valence-electron chi connectivity index (χ1n) is 13.4. The molecular formula is C27H39N5O2. The van der Waals surface area contributed by atoms with Gasteiger partial charge in [0.2, 0.25) is 5.91 Å². The lowest BCUT2D eigenvalue weighted by Gasteiger charge is -2.39. The highest BCUT2D eigenvalue weighted by molar-refractivity contribution is 5.78. The smallest absolute Gasteiger partial charge is 0.294 e. The van der Waals surface area contributed by atoms with Crippen molar-refractivity contribution in [2.45, 2.75) is 82.7 Å². The number of rotatable bonds is 4. The molecule has 34 heavy (non-hydrogen) atoms. The van der Waals surface area contributed by atoms with Crippen LogP contribution in [0.1, 0.15) is 76.7 Å². The molecule has 184 valence electrons. The summed E-state index contributed by atoms with van der Waals surface area (Å²) in [5.74, 6) is 0.195. The molecule has 3 fully saturated rings. The number of hydrogen-bond acceptors (Lipinski definition) is 5. The van der Waals surface area contributed by atoms with Gasteiger partial charge >= 0.3 is 0 Å². The minimum Gasteiger partial charge on any atom is -0.369 e. The zero-order valence-electron chi connectivity index (χ0n) is 20.3. The summed E-state index contributed by atoms with van der Waals surface area (Å²) in [5.41, 5.74) is 7.34. The fourth-order valence-corrected chi connectivity index (χ4v) is 6.39. The second-order valence-corrected chi connectivity index (χ2v) is 10.5. The van der Waals surface area contributed by atoms with Crippen molar-refractivity contribution >= 4 is 22.8 Å². The molecule has 1 saturated carbocycles. The third kappa shape index (κ3) is 4.85. The highest BCUT2D eigenvalue weighted by Crippen LogP contribution is 2.30. The Balaban J connectivity index is 1.37. The van der Waals surface area contributed by atoms with Gasteiger partial charge in [0.25, 0.3) is 5.56 Å². The van der Waals surface area contributed by atoms with Gasteiger partial charge in [-0.3, -0.25) is 9.59 Å². The normalized spacial score (nSPS) is 22.5. The van der Waals surface area contributed by atoms with Gasteiger partial charge in [-0.05, 0) is 50.7 Å². The molecule has 7 heteroatoms. The van der Waals surface area contributed by atoms with Crippen LogP contribution in [0.25, 0.3) is 11.0 Å². The van der Waals surface area contributed by atoms with Crippen LogP contribution in [0.5, 0.6) is 0 Å². The first-order chi connectivity index (χ1) is 16.6. The largest absolute Gasteiger partial charge is 0.369 e. The van der Waals surface area contributed by atoms with E-state index in [0.717, 1.165) is 37.0 Å². The molecule has 1 aromatic heterocycles. The van der Waals surface area contributed by atoms with Crippen LogP contribution in [0.4, 0.5) is 5.82 Å². The van der Waals surface area contributed by atoms with Crippen LogP contribution in [0, 0.1) is 5.92 Å². The summed E-state index contributed by atoms with van der Waals surface area (Å²) >= 11 is 0. The number of fused-ring (bicyclic) bond motifs is 1. The Bertz CT molecular complexity index is 1040. The maximum absolute atomic E-state index is 13.8. The summed E-state index contributed by atoms with van der Waals surface area (Å²) in [5, 5.41) is 0. The van der Waals surface area contributed by atoms with Gasteiger partial charge in [0.05, 0.1) is 11.0 Å². The van der Waals surface area contributed by atoms with Crippen molar-refractivity contribution in [3.05, 3.63) is 34.6 Å². The van der Waals surface area contributed by atoms with Gasteiger partial charge in [-0.1, -0.05) is 44.2 Å². The molecule has 2 saturated heterocycles. The highest BCUT2D eigenvalue weighted by Gasteiger charge is 2.30. The van der Waals surface area contributed by atoms with Gasteiger partial charge < -0.3 is 20.1 Å². The van der Waals surface area contributed by atoms with E-state index in [9.17, 15) is 9.59 Å². The lowest BCUT2D eigenvalue weighted by Crippen LogP contribution is -2.45. The van der Waals surface area contributed by atoms with Crippen LogP contribution < -0.4 is 16.2 Å². The molecule has 0 atom stereocenters. The fraction of sp³-hybridized carbons (Fsp3) is 0.667. The number of nitrogens with zero attached hydrogens (tertiary/aromatic N) is 4. The van der Waals surface area contributed by atoms with Crippen LogP contribution >= 0.6 is 0 Å². The number of benzene rings is 1. The number of nitrogens with two attached hydrogens (primary N) is 1. The molecule has 1 aliphatic carbocycles. The van der Waals surface area contributed by atoms with E-state index in [1.165, 1.54) is 44.9 Å². The van der Waals surface area contributed by atoms with Gasteiger partial charge in [-0.25, -0.2) is 4.98 Å². The molecule has 0 spiro atoms. The summed E-state index contributed by atoms with van der Waals surface area (Å²) in [4.78, 5) is 35.0. The molecule has 3 aliphatic rings. The molecular weight excluding hydrogens is 426 g/mol. The number of carbonyl (C=O) groups is 1. The Kier molecular flexibility index (Phi) is 7.18. The number of carbonyl (C=O) groups excluding carboxylic acids is 1. The molecule has 3 heterocycles. The van der Waals surface area contributed by atoms with E-state index in [1.54, 1.807) is 0 Å². The Morgan fingerprint density at radius 1 is 0.824 bits per heavy atom. The van der Waals surface area contributed by atoms with Crippen LogP contribution in [-0.2, 0) is 4.79 Å². The third-order valence-corrected chi connectivity index (χ3v) is 8.43. The molecule has 0 bridgehead atoms. The van der Waals surface area contributed by atoms with Crippen LogP contribution in [0.15, 0.2) is 29.1 Å². The molecule has 0 unspecified atom stereocenters. The molecule has 1 aromatic carbocycles. The lowest BCUT2D eigenvalue weighted by molar-refractivity contribution is -0.122. The van der Waals surface area contributed by atoms with Crippen molar-refractivity contribution in [2.75, 3.05) is 31.1 Å². The van der Waals surface area contributed by atoms with E-state index >= 15 is 0 Å². The molecule has 0 radical (unpaired) electrons. The number of anilines is 1. The Morgan fingerprint density at radius 2 is 1.47 bits per heavy atom. The Labute approximate surface area is 202 Å². The SMILES string of the molecule is NC(=O)C1CCN(c2nc3ccccc3n(C3CCN(C4CCCCCCC4)CC3)c2=O)CC1. The van der Waals surface area contributed by atoms with Gasteiger partial charge in [-0.2, -0.15) is 0 Å². The number of amides is 1. The van der Waals surface area contributed by atoms with Crippen molar-refractivity contribution in [1.29, 1.82) is 0 Å². The Hall–Kier alpha value is -2.41. The van der Waals surface area contributed by atoms with Crippen molar-refractivity contribution in [1.82, 2.24) is 14.5 Å². The number of aromatic nitrogens is 2. The number of para-hydroxylation sites is 2. The summed E-state index contributed by atoms with van der Waals surface area (Å²) in [7, 11) is 0. The zero-order valence-corrected chi connectivity index (χ0v) is 20.3. The van der Waals surface area contributed by atoms with Crippen molar-refractivity contribution in [3.8, 4) is 0 Å². The van der Waals surface area contributed by atoms with Crippen LogP contribution in [0.3, 0.4) is 0 Å². The van der Waals surface area contributed by atoms with Crippen molar-refractivity contribution in [2.24, 2.45) is 11.7 Å². The minimum atomic E-state index is -0.236. The molecule has 2 N–H and O–H groups in total. The van der Waals surface area contributed by atoms with Gasteiger partial charge in [0.1, 0.15) is 0 Å². The topological polar surface area (TPSA) is 84.5 Å². The predicted octanol–water partition coefficient (Wildman–Crippen LogP) is 3.85. The van der Waals surface area contributed by atoms with Gasteiger partial charge in [0.15, 0.2) is 5.82 Å². The quantitative estimate of drug-likeness (QED) is 0.741. The third-order valence-electron chi connectivity index (χ3n) is 8.43. The van der Waals surface area contributed by atoms with E-state index in [4.69, 9.17) is 10.7 Å². The van der Waals surface area contributed by atoms with E-state index in [-0.39, 0.29) is 23.4 Å².